The van der Waals surface area contributed by atoms with Gasteiger partial charge < -0.3 is 10.0 Å². The van der Waals surface area contributed by atoms with Gasteiger partial charge in [0.1, 0.15) is 5.82 Å². The molecule has 0 unspecified atom stereocenters. The number of aliphatic carboxylic acids is 1. The summed E-state index contributed by atoms with van der Waals surface area (Å²) in [4.78, 5) is 13.7. The van der Waals surface area contributed by atoms with E-state index in [2.05, 4.69) is 0 Å². The minimum absolute atomic E-state index is 0.0700. The third-order valence-corrected chi connectivity index (χ3v) is 6.50. The van der Waals surface area contributed by atoms with Crippen molar-refractivity contribution in [2.24, 2.45) is 5.92 Å². The van der Waals surface area contributed by atoms with Crippen molar-refractivity contribution in [1.82, 2.24) is 4.90 Å². The molecule has 0 aromatic heterocycles. The maximum Gasteiger partial charge on any atom is 0.308 e. The molecule has 0 radical (unpaired) electrons. The van der Waals surface area contributed by atoms with Crippen LogP contribution in [0.3, 0.4) is 0 Å². The van der Waals surface area contributed by atoms with Gasteiger partial charge in [0, 0.05) is 25.6 Å². The Morgan fingerprint density at radius 1 is 1.08 bits per heavy atom. The number of hydrogen-bond acceptors (Lipinski definition) is 4. The first-order valence-electron chi connectivity index (χ1n) is 8.35. The van der Waals surface area contributed by atoms with Crippen molar-refractivity contribution >= 4 is 15.8 Å². The number of sulfone groups is 1. The van der Waals surface area contributed by atoms with Gasteiger partial charge in [0.15, 0.2) is 9.84 Å². The lowest BCUT2D eigenvalue weighted by molar-refractivity contribution is -0.141. The molecule has 1 N–H and O–H groups in total. The molecule has 1 heterocycles. The summed E-state index contributed by atoms with van der Waals surface area (Å²) in [6.07, 6.45) is 0. The predicted molar refractivity (Wildman–Crippen MR) is 95.2 cm³/mol. The molecular weight excluding hydrogens is 357 g/mol. The molecule has 0 saturated carbocycles. The van der Waals surface area contributed by atoms with Gasteiger partial charge in [-0.2, -0.15) is 0 Å². The number of carbonyl (C=O) groups is 1. The van der Waals surface area contributed by atoms with Crippen LogP contribution in [-0.2, 0) is 14.6 Å². The van der Waals surface area contributed by atoms with Crippen LogP contribution in [0, 0.1) is 11.7 Å². The Morgan fingerprint density at radius 2 is 1.73 bits per heavy atom. The van der Waals surface area contributed by atoms with E-state index in [9.17, 15) is 22.7 Å². The molecule has 2 atom stereocenters. The second-order valence-electron chi connectivity index (χ2n) is 6.49. The van der Waals surface area contributed by atoms with Gasteiger partial charge in [-0.1, -0.05) is 30.3 Å². The highest BCUT2D eigenvalue weighted by molar-refractivity contribution is 7.91. The number of carboxylic acids is 1. The van der Waals surface area contributed by atoms with E-state index in [1.165, 1.54) is 12.1 Å². The standard InChI is InChI=1S/C19H20FNO4S/c20-15-8-6-14(7-9-15)17-12-21(13-18(17)19(22)23)10-11-26(24,25)16-4-2-1-3-5-16/h1-9,17-18H,10-13H2,(H,22,23)/t17-,18+/m0/s1. The molecule has 2 aromatic rings. The lowest BCUT2D eigenvalue weighted by Crippen LogP contribution is -2.28. The Labute approximate surface area is 152 Å². The highest BCUT2D eigenvalue weighted by atomic mass is 32.2. The lowest BCUT2D eigenvalue weighted by Gasteiger charge is -2.16. The van der Waals surface area contributed by atoms with Crippen LogP contribution >= 0.6 is 0 Å². The van der Waals surface area contributed by atoms with Crippen LogP contribution < -0.4 is 0 Å². The smallest absolute Gasteiger partial charge is 0.308 e. The highest BCUT2D eigenvalue weighted by Crippen LogP contribution is 2.33. The first-order chi connectivity index (χ1) is 12.4. The maximum absolute atomic E-state index is 13.1. The molecule has 0 amide bonds. The van der Waals surface area contributed by atoms with Gasteiger partial charge in [-0.3, -0.25) is 4.79 Å². The van der Waals surface area contributed by atoms with Gasteiger partial charge in [-0.25, -0.2) is 12.8 Å². The molecule has 1 aliphatic heterocycles. The van der Waals surface area contributed by atoms with E-state index in [0.717, 1.165) is 5.56 Å². The number of halogens is 1. The number of hydrogen-bond donors (Lipinski definition) is 1. The van der Waals surface area contributed by atoms with Crippen molar-refractivity contribution < 1.29 is 22.7 Å². The van der Waals surface area contributed by atoms with Gasteiger partial charge in [0.05, 0.1) is 16.6 Å². The fourth-order valence-electron chi connectivity index (χ4n) is 3.36. The molecule has 1 aliphatic rings. The monoisotopic (exact) mass is 377 g/mol. The van der Waals surface area contributed by atoms with Gasteiger partial charge in [0.2, 0.25) is 0 Å². The molecule has 0 aliphatic carbocycles. The van der Waals surface area contributed by atoms with Crippen molar-refractivity contribution in [3.63, 3.8) is 0 Å². The number of carboxylic acid groups (broad SMARTS) is 1. The van der Waals surface area contributed by atoms with Crippen LogP contribution in [0.15, 0.2) is 59.5 Å². The zero-order valence-corrected chi connectivity index (χ0v) is 14.9. The molecule has 3 rings (SSSR count). The van der Waals surface area contributed by atoms with Crippen LogP contribution in [0.5, 0.6) is 0 Å². The Balaban J connectivity index is 1.70. The van der Waals surface area contributed by atoms with Crippen LogP contribution in [0.4, 0.5) is 4.39 Å². The van der Waals surface area contributed by atoms with Crippen LogP contribution in [0.1, 0.15) is 11.5 Å². The molecule has 138 valence electrons. The molecule has 0 bridgehead atoms. The molecular formula is C19H20FNO4S. The van der Waals surface area contributed by atoms with Crippen molar-refractivity contribution in [3.8, 4) is 0 Å². The van der Waals surface area contributed by atoms with Crippen LogP contribution in [0.25, 0.3) is 0 Å². The minimum atomic E-state index is -3.41. The zero-order valence-electron chi connectivity index (χ0n) is 14.1. The molecule has 1 saturated heterocycles. The van der Waals surface area contributed by atoms with Crippen molar-refractivity contribution in [2.75, 3.05) is 25.4 Å². The van der Waals surface area contributed by atoms with Crippen LogP contribution in [0.2, 0.25) is 0 Å². The summed E-state index contributed by atoms with van der Waals surface area (Å²) < 4.78 is 37.9. The maximum atomic E-state index is 13.1. The summed E-state index contributed by atoms with van der Waals surface area (Å²) >= 11 is 0. The van der Waals surface area contributed by atoms with Crippen molar-refractivity contribution in [1.29, 1.82) is 0 Å². The Kier molecular flexibility index (Phi) is 5.38. The van der Waals surface area contributed by atoms with Gasteiger partial charge in [-0.05, 0) is 29.8 Å². The van der Waals surface area contributed by atoms with Crippen LogP contribution in [-0.4, -0.2) is 49.8 Å². The second-order valence-corrected chi connectivity index (χ2v) is 8.60. The van der Waals surface area contributed by atoms with Crippen molar-refractivity contribution in [2.45, 2.75) is 10.8 Å². The fraction of sp³-hybridized carbons (Fsp3) is 0.316. The first kappa shape index (κ1) is 18.5. The third-order valence-electron chi connectivity index (χ3n) is 4.79. The molecule has 7 heteroatoms. The Hall–Kier alpha value is -2.25. The number of rotatable bonds is 6. The normalized spacial score (nSPS) is 21.0. The molecule has 2 aromatic carbocycles. The minimum Gasteiger partial charge on any atom is -0.481 e. The third kappa shape index (κ3) is 4.11. The lowest BCUT2D eigenvalue weighted by atomic mass is 9.89. The molecule has 1 fully saturated rings. The summed E-state index contributed by atoms with van der Waals surface area (Å²) in [5, 5.41) is 9.50. The average molecular weight is 377 g/mol. The van der Waals surface area contributed by atoms with E-state index in [1.807, 2.05) is 4.90 Å². The van der Waals surface area contributed by atoms with E-state index in [-0.39, 0.29) is 35.5 Å². The summed E-state index contributed by atoms with van der Waals surface area (Å²) in [5.74, 6) is -2.29. The average Bonchev–Trinajstić information content (AvgIpc) is 3.06. The van der Waals surface area contributed by atoms with E-state index < -0.39 is 21.7 Å². The summed E-state index contributed by atoms with van der Waals surface area (Å²) in [5.41, 5.74) is 0.757. The Morgan fingerprint density at radius 3 is 2.35 bits per heavy atom. The summed E-state index contributed by atoms with van der Waals surface area (Å²) in [6.45, 7) is 0.979. The fourth-order valence-corrected chi connectivity index (χ4v) is 4.67. The number of likely N-dealkylation sites (tertiary alicyclic amines) is 1. The topological polar surface area (TPSA) is 74.7 Å². The van der Waals surface area contributed by atoms with E-state index in [1.54, 1.807) is 42.5 Å². The SMILES string of the molecule is O=C(O)[C@@H]1CN(CCS(=O)(=O)c2ccccc2)C[C@H]1c1ccc(F)cc1. The van der Waals surface area contributed by atoms with Gasteiger partial charge in [-0.15, -0.1) is 0 Å². The quantitative estimate of drug-likeness (QED) is 0.837. The molecule has 5 nitrogen and oxygen atoms in total. The highest BCUT2D eigenvalue weighted by Gasteiger charge is 2.38. The van der Waals surface area contributed by atoms with E-state index in [4.69, 9.17) is 0 Å². The van der Waals surface area contributed by atoms with Gasteiger partial charge >= 0.3 is 5.97 Å². The Bertz CT molecular complexity index is 868. The first-order valence-corrected chi connectivity index (χ1v) is 10.0. The molecule has 26 heavy (non-hydrogen) atoms. The zero-order chi connectivity index (χ0) is 18.7. The predicted octanol–water partition coefficient (Wildman–Crippen LogP) is 2.40. The number of nitrogens with zero attached hydrogens (tertiary/aromatic N) is 1. The summed E-state index contributed by atoms with van der Waals surface area (Å²) in [7, 11) is -3.41. The molecule has 0 spiro atoms. The van der Waals surface area contributed by atoms with Crippen molar-refractivity contribution in [3.05, 3.63) is 66.0 Å². The summed E-state index contributed by atoms with van der Waals surface area (Å²) in [6, 6.07) is 14.0. The second kappa shape index (κ2) is 7.55. The van der Waals surface area contributed by atoms with E-state index in [0.29, 0.717) is 6.54 Å². The number of benzene rings is 2. The largest absolute Gasteiger partial charge is 0.481 e. The van der Waals surface area contributed by atoms with Gasteiger partial charge in [0.25, 0.3) is 0 Å². The van der Waals surface area contributed by atoms with E-state index >= 15 is 0 Å².